The molecule has 0 saturated heterocycles. The minimum atomic E-state index is -0.0270. The van der Waals surface area contributed by atoms with E-state index in [-0.39, 0.29) is 12.5 Å². The number of hydrogen-bond acceptors (Lipinski definition) is 3. The molecule has 0 aliphatic heterocycles. The average Bonchev–Trinajstić information content (AvgIpc) is 2.46. The molecule has 0 radical (unpaired) electrons. The fourth-order valence-electron chi connectivity index (χ4n) is 1.65. The van der Waals surface area contributed by atoms with Crippen molar-refractivity contribution in [2.45, 2.75) is 13.5 Å². The van der Waals surface area contributed by atoms with Gasteiger partial charge in [-0.2, -0.15) is 0 Å². The van der Waals surface area contributed by atoms with Crippen molar-refractivity contribution < 1.29 is 9.53 Å². The highest BCUT2D eigenvalue weighted by atomic mass is 35.5. The van der Waals surface area contributed by atoms with E-state index >= 15 is 0 Å². The fourth-order valence-corrected chi connectivity index (χ4v) is 2.08. The summed E-state index contributed by atoms with van der Waals surface area (Å²) in [5.74, 6) is 0.643. The molecular formula is C15H14Cl2N2O2. The summed E-state index contributed by atoms with van der Waals surface area (Å²) in [5.41, 5.74) is 1.42. The molecule has 0 aliphatic carbocycles. The van der Waals surface area contributed by atoms with Crippen molar-refractivity contribution in [1.82, 2.24) is 4.98 Å². The number of ether oxygens (including phenoxy) is 1. The van der Waals surface area contributed by atoms with Gasteiger partial charge < -0.3 is 9.64 Å². The molecule has 0 spiro atoms. The molecule has 0 saturated carbocycles. The minimum Gasteiger partial charge on any atom is -0.487 e. The standard InChI is InChI=1S/C15H14Cl2N2O2/c1-10(20)19(2)12-3-5-13(6-4-12)21-9-15-14(17)7-11(16)8-18-15/h3-8H,9H2,1-2H3. The van der Waals surface area contributed by atoms with Gasteiger partial charge in [0.05, 0.1) is 15.7 Å². The van der Waals surface area contributed by atoms with Gasteiger partial charge in [0.1, 0.15) is 12.4 Å². The maximum absolute atomic E-state index is 11.3. The van der Waals surface area contributed by atoms with Crippen LogP contribution in [0.1, 0.15) is 12.6 Å². The Morgan fingerprint density at radius 3 is 2.52 bits per heavy atom. The van der Waals surface area contributed by atoms with E-state index in [1.807, 2.05) is 12.1 Å². The van der Waals surface area contributed by atoms with Crippen molar-refractivity contribution in [2.24, 2.45) is 0 Å². The van der Waals surface area contributed by atoms with Crippen molar-refractivity contribution in [3.05, 3.63) is 52.3 Å². The Bertz CT molecular complexity index is 645. The van der Waals surface area contributed by atoms with Gasteiger partial charge in [0, 0.05) is 25.9 Å². The molecule has 0 fully saturated rings. The molecule has 0 aliphatic rings. The highest BCUT2D eigenvalue weighted by Gasteiger charge is 2.07. The molecule has 2 rings (SSSR count). The first kappa shape index (κ1) is 15.6. The summed E-state index contributed by atoms with van der Waals surface area (Å²) in [7, 11) is 1.72. The van der Waals surface area contributed by atoms with Gasteiger partial charge in [0.2, 0.25) is 5.91 Å². The molecule has 21 heavy (non-hydrogen) atoms. The first-order chi connectivity index (χ1) is 9.97. The van der Waals surface area contributed by atoms with Gasteiger partial charge in [-0.3, -0.25) is 9.78 Å². The molecule has 6 heteroatoms. The number of hydrogen-bond donors (Lipinski definition) is 0. The van der Waals surface area contributed by atoms with Crippen LogP contribution in [0.5, 0.6) is 5.75 Å². The van der Waals surface area contributed by atoms with E-state index in [9.17, 15) is 4.79 Å². The second-order valence-electron chi connectivity index (χ2n) is 4.44. The summed E-state index contributed by atoms with van der Waals surface area (Å²) in [5, 5.41) is 0.954. The Labute approximate surface area is 133 Å². The largest absolute Gasteiger partial charge is 0.487 e. The zero-order chi connectivity index (χ0) is 15.4. The number of anilines is 1. The Morgan fingerprint density at radius 1 is 1.29 bits per heavy atom. The monoisotopic (exact) mass is 324 g/mol. The van der Waals surface area contributed by atoms with Gasteiger partial charge in [-0.15, -0.1) is 0 Å². The maximum atomic E-state index is 11.3. The number of benzene rings is 1. The molecule has 1 amide bonds. The van der Waals surface area contributed by atoms with E-state index in [0.29, 0.717) is 21.5 Å². The van der Waals surface area contributed by atoms with Crippen molar-refractivity contribution in [2.75, 3.05) is 11.9 Å². The number of carbonyl (C=O) groups is 1. The third-order valence-electron chi connectivity index (χ3n) is 2.96. The predicted octanol–water partition coefficient (Wildman–Crippen LogP) is 3.95. The number of halogens is 2. The summed E-state index contributed by atoms with van der Waals surface area (Å²) in [6.07, 6.45) is 1.52. The van der Waals surface area contributed by atoms with E-state index in [0.717, 1.165) is 5.69 Å². The lowest BCUT2D eigenvalue weighted by molar-refractivity contribution is -0.116. The molecule has 2 aromatic rings. The van der Waals surface area contributed by atoms with Crippen LogP contribution in [0.15, 0.2) is 36.5 Å². The summed E-state index contributed by atoms with van der Waals surface area (Å²) < 4.78 is 5.61. The van der Waals surface area contributed by atoms with Gasteiger partial charge in [-0.1, -0.05) is 23.2 Å². The van der Waals surface area contributed by atoms with Crippen LogP contribution < -0.4 is 9.64 Å². The van der Waals surface area contributed by atoms with E-state index in [1.54, 1.807) is 30.1 Å². The van der Waals surface area contributed by atoms with Crippen LogP contribution in [0.4, 0.5) is 5.69 Å². The molecule has 1 aromatic heterocycles. The highest BCUT2D eigenvalue weighted by molar-refractivity contribution is 6.34. The molecule has 0 N–H and O–H groups in total. The number of pyridine rings is 1. The lowest BCUT2D eigenvalue weighted by Crippen LogP contribution is -2.22. The van der Waals surface area contributed by atoms with Crippen molar-refractivity contribution >= 4 is 34.8 Å². The first-order valence-corrected chi connectivity index (χ1v) is 7.00. The van der Waals surface area contributed by atoms with Gasteiger partial charge in [-0.05, 0) is 30.3 Å². The summed E-state index contributed by atoms with van der Waals surface area (Å²) in [6.45, 7) is 1.76. The molecule has 0 unspecified atom stereocenters. The highest BCUT2D eigenvalue weighted by Crippen LogP contribution is 2.22. The molecule has 0 bridgehead atoms. The number of amides is 1. The molecule has 4 nitrogen and oxygen atoms in total. The SMILES string of the molecule is CC(=O)N(C)c1ccc(OCc2ncc(Cl)cc2Cl)cc1. The Kier molecular flexibility index (Phi) is 5.04. The zero-order valence-electron chi connectivity index (χ0n) is 11.6. The van der Waals surface area contributed by atoms with Crippen LogP contribution in [0, 0.1) is 0 Å². The van der Waals surface area contributed by atoms with Crippen molar-refractivity contribution in [1.29, 1.82) is 0 Å². The third-order valence-corrected chi connectivity index (χ3v) is 3.49. The first-order valence-electron chi connectivity index (χ1n) is 6.24. The van der Waals surface area contributed by atoms with Crippen LogP contribution in [-0.4, -0.2) is 17.9 Å². The van der Waals surface area contributed by atoms with Gasteiger partial charge in [0.25, 0.3) is 0 Å². The number of aromatic nitrogens is 1. The summed E-state index contributed by atoms with van der Waals surface area (Å²) in [4.78, 5) is 16.9. The number of nitrogens with zero attached hydrogens (tertiary/aromatic N) is 2. The third kappa shape index (κ3) is 4.09. The second-order valence-corrected chi connectivity index (χ2v) is 5.29. The van der Waals surface area contributed by atoms with Crippen LogP contribution in [0.3, 0.4) is 0 Å². The van der Waals surface area contributed by atoms with Crippen LogP contribution in [0.2, 0.25) is 10.0 Å². The van der Waals surface area contributed by atoms with E-state index in [1.165, 1.54) is 13.1 Å². The maximum Gasteiger partial charge on any atom is 0.223 e. The van der Waals surface area contributed by atoms with Crippen LogP contribution in [-0.2, 0) is 11.4 Å². The smallest absolute Gasteiger partial charge is 0.223 e. The van der Waals surface area contributed by atoms with Crippen LogP contribution >= 0.6 is 23.2 Å². The minimum absolute atomic E-state index is 0.0270. The Hall–Kier alpha value is -1.78. The van der Waals surface area contributed by atoms with Gasteiger partial charge >= 0.3 is 0 Å². The second kappa shape index (κ2) is 6.78. The van der Waals surface area contributed by atoms with Crippen molar-refractivity contribution in [3.63, 3.8) is 0 Å². The lowest BCUT2D eigenvalue weighted by Gasteiger charge is -2.15. The molecule has 1 heterocycles. The lowest BCUT2D eigenvalue weighted by atomic mass is 10.3. The summed E-state index contributed by atoms with van der Waals surface area (Å²) in [6, 6.07) is 8.83. The molecular weight excluding hydrogens is 311 g/mol. The van der Waals surface area contributed by atoms with Gasteiger partial charge in [-0.25, -0.2) is 0 Å². The average molecular weight is 325 g/mol. The normalized spacial score (nSPS) is 10.3. The van der Waals surface area contributed by atoms with Gasteiger partial charge in [0.15, 0.2) is 0 Å². The van der Waals surface area contributed by atoms with E-state index in [4.69, 9.17) is 27.9 Å². The zero-order valence-corrected chi connectivity index (χ0v) is 13.1. The van der Waals surface area contributed by atoms with E-state index < -0.39 is 0 Å². The Morgan fingerprint density at radius 2 is 1.95 bits per heavy atom. The quantitative estimate of drug-likeness (QED) is 0.855. The Balaban J connectivity index is 2.02. The molecule has 1 aromatic carbocycles. The molecule has 0 atom stereocenters. The van der Waals surface area contributed by atoms with Crippen LogP contribution in [0.25, 0.3) is 0 Å². The van der Waals surface area contributed by atoms with E-state index in [2.05, 4.69) is 4.98 Å². The van der Waals surface area contributed by atoms with Crippen molar-refractivity contribution in [3.8, 4) is 5.75 Å². The molecule has 110 valence electrons. The number of carbonyl (C=O) groups excluding carboxylic acids is 1. The summed E-state index contributed by atoms with van der Waals surface area (Å²) >= 11 is 11.8. The fraction of sp³-hybridized carbons (Fsp3) is 0.200. The topological polar surface area (TPSA) is 42.4 Å². The predicted molar refractivity (Wildman–Crippen MR) is 84.1 cm³/mol. The number of rotatable bonds is 4.